The first-order chi connectivity index (χ1) is 19.0. The molecule has 2 amide bonds. The number of esters is 1. The average Bonchev–Trinajstić information content (AvgIpc) is 2.96. The topological polar surface area (TPSA) is 106 Å². The fourth-order valence-electron chi connectivity index (χ4n) is 3.67. The van der Waals surface area contributed by atoms with Gasteiger partial charge >= 0.3 is 5.97 Å². The number of nitrogens with one attached hydrogen (secondary N) is 2. The quantitative estimate of drug-likeness (QED) is 0.121. The van der Waals surface area contributed by atoms with Crippen LogP contribution >= 0.6 is 11.6 Å². The van der Waals surface area contributed by atoms with Gasteiger partial charge < -0.3 is 14.8 Å². The second kappa shape index (κ2) is 13.2. The molecule has 4 aromatic rings. The highest BCUT2D eigenvalue weighted by Crippen LogP contribution is 2.28. The summed E-state index contributed by atoms with van der Waals surface area (Å²) in [5.41, 5.74) is 3.50. The molecule has 2 N–H and O–H groups in total. The summed E-state index contributed by atoms with van der Waals surface area (Å²) in [5.74, 6) is -0.638. The van der Waals surface area contributed by atoms with Crippen molar-refractivity contribution in [3.05, 3.63) is 107 Å². The molecule has 0 aliphatic carbocycles. The van der Waals surface area contributed by atoms with E-state index >= 15 is 0 Å². The Morgan fingerprint density at radius 2 is 1.67 bits per heavy atom. The second-order valence-electron chi connectivity index (χ2n) is 8.42. The van der Waals surface area contributed by atoms with Crippen LogP contribution in [0.2, 0.25) is 5.02 Å². The highest BCUT2D eigenvalue weighted by atomic mass is 35.5. The zero-order valence-corrected chi connectivity index (χ0v) is 21.9. The van der Waals surface area contributed by atoms with Gasteiger partial charge in [0.05, 0.1) is 30.0 Å². The van der Waals surface area contributed by atoms with E-state index in [0.717, 1.165) is 17.2 Å². The zero-order chi connectivity index (χ0) is 27.6. The Labute approximate surface area is 230 Å². The maximum Gasteiger partial charge on any atom is 0.345 e. The van der Waals surface area contributed by atoms with Gasteiger partial charge in [0.25, 0.3) is 11.8 Å². The van der Waals surface area contributed by atoms with Gasteiger partial charge in [-0.1, -0.05) is 61.0 Å². The molecule has 39 heavy (non-hydrogen) atoms. The third-order valence-electron chi connectivity index (χ3n) is 5.61. The predicted octanol–water partition coefficient (Wildman–Crippen LogP) is 5.38. The molecule has 0 aliphatic heterocycles. The molecule has 0 spiro atoms. The van der Waals surface area contributed by atoms with E-state index in [1.165, 1.54) is 6.21 Å². The van der Waals surface area contributed by atoms with Gasteiger partial charge in [0.1, 0.15) is 11.5 Å². The number of carbonyl (C=O) groups is 3. The highest BCUT2D eigenvalue weighted by molar-refractivity contribution is 6.33. The smallest absolute Gasteiger partial charge is 0.345 e. The molecule has 0 saturated carbocycles. The molecule has 0 atom stereocenters. The van der Waals surface area contributed by atoms with Gasteiger partial charge in [0.15, 0.2) is 0 Å². The highest BCUT2D eigenvalue weighted by Gasteiger charge is 2.16. The zero-order valence-electron chi connectivity index (χ0n) is 21.1. The van der Waals surface area contributed by atoms with Crippen LogP contribution in [0, 0.1) is 0 Å². The first-order valence-corrected chi connectivity index (χ1v) is 12.7. The summed E-state index contributed by atoms with van der Waals surface area (Å²) in [7, 11) is 0. The Morgan fingerprint density at radius 3 is 2.44 bits per heavy atom. The van der Waals surface area contributed by atoms with Gasteiger partial charge in [-0.05, 0) is 59.7 Å². The summed E-state index contributed by atoms with van der Waals surface area (Å²) in [6, 6.07) is 24.2. The van der Waals surface area contributed by atoms with Crippen molar-refractivity contribution in [3.8, 4) is 11.5 Å². The molecule has 0 saturated heterocycles. The van der Waals surface area contributed by atoms with Crippen LogP contribution in [0.15, 0.2) is 90.0 Å². The minimum Gasteiger partial charge on any atom is -0.494 e. The molecule has 0 unspecified atom stereocenters. The van der Waals surface area contributed by atoms with E-state index in [2.05, 4.69) is 15.8 Å². The Bertz CT molecular complexity index is 1520. The number of rotatable bonds is 10. The monoisotopic (exact) mass is 543 g/mol. The first kappa shape index (κ1) is 27.3. The van der Waals surface area contributed by atoms with Gasteiger partial charge in [0, 0.05) is 11.1 Å². The predicted molar refractivity (Wildman–Crippen MR) is 151 cm³/mol. The van der Waals surface area contributed by atoms with Crippen LogP contribution in [0.25, 0.3) is 10.8 Å². The number of hydrogen-bond acceptors (Lipinski definition) is 6. The summed E-state index contributed by atoms with van der Waals surface area (Å²) in [4.78, 5) is 37.5. The molecule has 198 valence electrons. The average molecular weight is 544 g/mol. The van der Waals surface area contributed by atoms with Crippen LogP contribution in [0.1, 0.15) is 39.6 Å². The number of benzene rings is 4. The van der Waals surface area contributed by atoms with E-state index in [1.807, 2.05) is 37.3 Å². The van der Waals surface area contributed by atoms with Crippen molar-refractivity contribution >= 4 is 46.4 Å². The fraction of sp³-hybridized carbons (Fsp3) is 0.133. The summed E-state index contributed by atoms with van der Waals surface area (Å²) in [6.07, 6.45) is 2.28. The number of hydrazone groups is 1. The molecule has 0 heterocycles. The number of nitrogens with zero attached hydrogens (tertiary/aromatic N) is 1. The molecule has 0 bridgehead atoms. The SMILES string of the molecule is CCCOc1ccc(C(=O)NCC(=O)N/N=C\c2c(OC(=O)c3ccccc3Cl)ccc3ccccc23)cc1. The Balaban J connectivity index is 1.41. The van der Waals surface area contributed by atoms with Crippen LogP contribution in [-0.2, 0) is 4.79 Å². The fourth-order valence-corrected chi connectivity index (χ4v) is 3.89. The molecule has 9 heteroatoms. The molecule has 0 aliphatic rings. The van der Waals surface area contributed by atoms with Crippen molar-refractivity contribution in [3.63, 3.8) is 0 Å². The third kappa shape index (κ3) is 7.21. The van der Waals surface area contributed by atoms with E-state index in [-0.39, 0.29) is 22.9 Å². The maximum atomic E-state index is 12.8. The van der Waals surface area contributed by atoms with Gasteiger partial charge in [0.2, 0.25) is 0 Å². The number of fused-ring (bicyclic) bond motifs is 1. The minimum atomic E-state index is -0.623. The number of halogens is 1. The lowest BCUT2D eigenvalue weighted by Gasteiger charge is -2.11. The lowest BCUT2D eigenvalue weighted by atomic mass is 10.0. The summed E-state index contributed by atoms with van der Waals surface area (Å²) in [5, 5.41) is 8.51. The van der Waals surface area contributed by atoms with E-state index in [9.17, 15) is 14.4 Å². The lowest BCUT2D eigenvalue weighted by Crippen LogP contribution is -2.34. The molecular formula is C30H26ClN3O5. The van der Waals surface area contributed by atoms with Crippen molar-refractivity contribution in [2.24, 2.45) is 5.10 Å². The summed E-state index contributed by atoms with van der Waals surface area (Å²) < 4.78 is 11.2. The maximum absolute atomic E-state index is 12.8. The first-order valence-electron chi connectivity index (χ1n) is 12.3. The number of amides is 2. The molecule has 0 fully saturated rings. The summed E-state index contributed by atoms with van der Waals surface area (Å²) in [6.45, 7) is 2.32. The molecule has 0 radical (unpaired) electrons. The third-order valence-corrected chi connectivity index (χ3v) is 5.94. The normalized spacial score (nSPS) is 10.8. The van der Waals surface area contributed by atoms with Gasteiger partial charge in [-0.3, -0.25) is 9.59 Å². The van der Waals surface area contributed by atoms with E-state index in [4.69, 9.17) is 21.1 Å². The van der Waals surface area contributed by atoms with E-state index < -0.39 is 17.8 Å². The van der Waals surface area contributed by atoms with Crippen molar-refractivity contribution < 1.29 is 23.9 Å². The molecular weight excluding hydrogens is 518 g/mol. The number of carbonyl (C=O) groups excluding carboxylic acids is 3. The Morgan fingerprint density at radius 1 is 0.923 bits per heavy atom. The van der Waals surface area contributed by atoms with Crippen LogP contribution < -0.4 is 20.2 Å². The van der Waals surface area contributed by atoms with Gasteiger partial charge in [-0.2, -0.15) is 5.10 Å². The largest absolute Gasteiger partial charge is 0.494 e. The van der Waals surface area contributed by atoms with Crippen molar-refractivity contribution in [1.29, 1.82) is 0 Å². The van der Waals surface area contributed by atoms with Gasteiger partial charge in [-0.15, -0.1) is 0 Å². The van der Waals surface area contributed by atoms with Crippen LogP contribution in [0.4, 0.5) is 0 Å². The van der Waals surface area contributed by atoms with Crippen molar-refractivity contribution in [2.45, 2.75) is 13.3 Å². The lowest BCUT2D eigenvalue weighted by molar-refractivity contribution is -0.120. The molecule has 4 rings (SSSR count). The van der Waals surface area contributed by atoms with Crippen LogP contribution in [-0.4, -0.2) is 37.1 Å². The van der Waals surface area contributed by atoms with E-state index in [1.54, 1.807) is 54.6 Å². The van der Waals surface area contributed by atoms with Crippen LogP contribution in [0.3, 0.4) is 0 Å². The van der Waals surface area contributed by atoms with E-state index in [0.29, 0.717) is 23.5 Å². The molecule has 8 nitrogen and oxygen atoms in total. The number of hydrogen-bond donors (Lipinski definition) is 2. The van der Waals surface area contributed by atoms with Gasteiger partial charge in [-0.25, -0.2) is 10.2 Å². The number of ether oxygens (including phenoxy) is 2. The Kier molecular flexibility index (Phi) is 9.26. The standard InChI is InChI=1S/C30H26ClN3O5/c1-2-17-38-22-14-11-21(12-15-22)29(36)32-19-28(35)34-33-18-25-23-8-4-3-7-20(23)13-16-27(25)39-30(37)24-9-5-6-10-26(24)31/h3-16,18H,2,17,19H2,1H3,(H,32,36)(H,34,35)/b33-18-. The van der Waals surface area contributed by atoms with Crippen molar-refractivity contribution in [2.75, 3.05) is 13.2 Å². The second-order valence-corrected chi connectivity index (χ2v) is 8.82. The molecule has 0 aromatic heterocycles. The Hall–Kier alpha value is -4.69. The van der Waals surface area contributed by atoms with Crippen LogP contribution in [0.5, 0.6) is 11.5 Å². The van der Waals surface area contributed by atoms with Crippen molar-refractivity contribution in [1.82, 2.24) is 10.7 Å². The minimum absolute atomic E-state index is 0.224. The summed E-state index contributed by atoms with van der Waals surface area (Å²) >= 11 is 6.14. The molecule has 4 aromatic carbocycles.